The van der Waals surface area contributed by atoms with Gasteiger partial charge in [-0.3, -0.25) is 4.79 Å². The second kappa shape index (κ2) is 6.53. The third-order valence-electron chi connectivity index (χ3n) is 4.02. The quantitative estimate of drug-likeness (QED) is 0.915. The largest absolute Gasteiger partial charge is 0.326 e. The lowest BCUT2D eigenvalue weighted by atomic mass is 10.0. The molecule has 1 fully saturated rings. The topological polar surface area (TPSA) is 56.1 Å². The number of carbonyl (C=O) groups is 1. The van der Waals surface area contributed by atoms with Crippen molar-refractivity contribution in [3.05, 3.63) is 29.8 Å². The van der Waals surface area contributed by atoms with Crippen molar-refractivity contribution in [2.24, 2.45) is 11.8 Å². The van der Waals surface area contributed by atoms with Gasteiger partial charge >= 0.3 is 0 Å². The Bertz CT molecular complexity index is 493. The zero-order chi connectivity index (χ0) is 14.5. The Morgan fingerprint density at radius 3 is 2.45 bits per heavy atom. The number of hydrogen-bond acceptors (Lipinski definition) is 3. The van der Waals surface area contributed by atoms with Gasteiger partial charge in [-0.15, -0.1) is 0 Å². The van der Waals surface area contributed by atoms with Gasteiger partial charge in [0.25, 0.3) is 0 Å². The van der Waals surface area contributed by atoms with Crippen LogP contribution in [0.5, 0.6) is 0 Å². The number of benzene rings is 1. The van der Waals surface area contributed by atoms with Gasteiger partial charge in [0.15, 0.2) is 0 Å². The normalized spacial score (nSPS) is 22.4. The first-order valence-electron chi connectivity index (χ1n) is 7.11. The van der Waals surface area contributed by atoms with E-state index in [0.717, 1.165) is 37.2 Å². The number of amides is 1. The Morgan fingerprint density at radius 1 is 1.30 bits per heavy atom. The lowest BCUT2D eigenvalue weighted by Crippen LogP contribution is -2.26. The molecule has 1 aliphatic heterocycles. The molecule has 1 aliphatic rings. The van der Waals surface area contributed by atoms with Crippen molar-refractivity contribution >= 4 is 11.6 Å². The number of carbonyl (C=O) groups excluding carboxylic acids is 1. The van der Waals surface area contributed by atoms with E-state index < -0.39 is 0 Å². The van der Waals surface area contributed by atoms with Crippen molar-refractivity contribution in [3.8, 4) is 6.07 Å². The molecule has 4 nitrogen and oxygen atoms in total. The summed E-state index contributed by atoms with van der Waals surface area (Å²) >= 11 is 0. The first-order valence-corrected chi connectivity index (χ1v) is 7.11. The minimum absolute atomic E-state index is 0.0295. The first kappa shape index (κ1) is 14.5. The summed E-state index contributed by atoms with van der Waals surface area (Å²) in [4.78, 5) is 14.2. The molecule has 2 atom stereocenters. The molecule has 1 aromatic carbocycles. The Labute approximate surface area is 120 Å². The van der Waals surface area contributed by atoms with Crippen molar-refractivity contribution in [1.82, 2.24) is 4.90 Å². The summed E-state index contributed by atoms with van der Waals surface area (Å²) < 4.78 is 0. The summed E-state index contributed by atoms with van der Waals surface area (Å²) in [5.41, 5.74) is 1.35. The second-order valence-electron chi connectivity index (χ2n) is 5.70. The van der Waals surface area contributed by atoms with Gasteiger partial charge in [-0.25, -0.2) is 0 Å². The number of hydrogen-bond donors (Lipinski definition) is 1. The molecule has 1 amide bonds. The summed E-state index contributed by atoms with van der Waals surface area (Å²) in [7, 11) is 0. The van der Waals surface area contributed by atoms with Gasteiger partial charge in [-0.1, -0.05) is 13.8 Å². The molecule has 2 unspecified atom stereocenters. The monoisotopic (exact) mass is 271 g/mol. The minimum Gasteiger partial charge on any atom is -0.326 e. The molecule has 0 saturated carbocycles. The summed E-state index contributed by atoms with van der Waals surface area (Å²) in [6, 6.07) is 8.99. The molecule has 4 heteroatoms. The van der Waals surface area contributed by atoms with E-state index in [9.17, 15) is 4.79 Å². The van der Waals surface area contributed by atoms with Crippen LogP contribution >= 0.6 is 0 Å². The van der Waals surface area contributed by atoms with Gasteiger partial charge in [-0.2, -0.15) is 5.26 Å². The van der Waals surface area contributed by atoms with E-state index in [1.54, 1.807) is 24.3 Å². The highest BCUT2D eigenvalue weighted by atomic mass is 16.1. The third-order valence-corrected chi connectivity index (χ3v) is 4.02. The Balaban J connectivity index is 1.76. The Hall–Kier alpha value is -1.86. The molecular formula is C16H21N3O. The van der Waals surface area contributed by atoms with Gasteiger partial charge < -0.3 is 10.2 Å². The average molecular weight is 271 g/mol. The SMILES string of the molecule is CC1CN(CCC(=O)Nc2ccc(C#N)cc2)CC1C. The number of rotatable bonds is 4. The lowest BCUT2D eigenvalue weighted by molar-refractivity contribution is -0.116. The third kappa shape index (κ3) is 3.82. The summed E-state index contributed by atoms with van der Waals surface area (Å²) in [6.07, 6.45) is 0.513. The maximum Gasteiger partial charge on any atom is 0.225 e. The van der Waals surface area contributed by atoms with Crippen LogP contribution in [0.1, 0.15) is 25.8 Å². The highest BCUT2D eigenvalue weighted by molar-refractivity contribution is 5.90. The maximum atomic E-state index is 11.9. The number of likely N-dealkylation sites (tertiary alicyclic amines) is 1. The van der Waals surface area contributed by atoms with E-state index in [-0.39, 0.29) is 5.91 Å². The summed E-state index contributed by atoms with van der Waals surface area (Å²) in [5.74, 6) is 1.47. The average Bonchev–Trinajstić information content (AvgIpc) is 2.76. The van der Waals surface area contributed by atoms with Gasteiger partial charge in [0.05, 0.1) is 11.6 Å². The van der Waals surface area contributed by atoms with Crippen LogP contribution in [0.15, 0.2) is 24.3 Å². The second-order valence-corrected chi connectivity index (χ2v) is 5.70. The molecule has 106 valence electrons. The number of anilines is 1. The van der Waals surface area contributed by atoms with Crippen LogP contribution in [0.3, 0.4) is 0 Å². The van der Waals surface area contributed by atoms with Crippen molar-refractivity contribution in [2.75, 3.05) is 25.0 Å². The van der Waals surface area contributed by atoms with Crippen LogP contribution in [-0.4, -0.2) is 30.4 Å². The maximum absolute atomic E-state index is 11.9. The van der Waals surface area contributed by atoms with Crippen LogP contribution in [0.25, 0.3) is 0 Å². The molecule has 0 radical (unpaired) electrons. The van der Waals surface area contributed by atoms with Gasteiger partial charge in [0, 0.05) is 31.7 Å². The van der Waals surface area contributed by atoms with Crippen LogP contribution < -0.4 is 5.32 Å². The molecule has 1 N–H and O–H groups in total. The van der Waals surface area contributed by atoms with Crippen LogP contribution in [-0.2, 0) is 4.79 Å². The number of nitriles is 1. The van der Waals surface area contributed by atoms with Crippen LogP contribution in [0, 0.1) is 23.2 Å². The van der Waals surface area contributed by atoms with E-state index in [4.69, 9.17) is 5.26 Å². The van der Waals surface area contributed by atoms with Crippen molar-refractivity contribution in [2.45, 2.75) is 20.3 Å². The van der Waals surface area contributed by atoms with Gasteiger partial charge in [0.1, 0.15) is 0 Å². The number of nitrogens with zero attached hydrogens (tertiary/aromatic N) is 2. The smallest absolute Gasteiger partial charge is 0.225 e. The fourth-order valence-corrected chi connectivity index (χ4v) is 2.54. The van der Waals surface area contributed by atoms with E-state index in [0.29, 0.717) is 12.0 Å². The molecule has 1 saturated heterocycles. The predicted molar refractivity (Wildman–Crippen MR) is 79.2 cm³/mol. The fourth-order valence-electron chi connectivity index (χ4n) is 2.54. The molecule has 1 aromatic rings. The molecular weight excluding hydrogens is 250 g/mol. The molecule has 0 aromatic heterocycles. The van der Waals surface area contributed by atoms with E-state index >= 15 is 0 Å². The molecule has 0 bridgehead atoms. The summed E-state index contributed by atoms with van der Waals surface area (Å²) in [6.45, 7) is 7.52. The zero-order valence-electron chi connectivity index (χ0n) is 12.1. The molecule has 1 heterocycles. The molecule has 0 aliphatic carbocycles. The van der Waals surface area contributed by atoms with Crippen molar-refractivity contribution < 1.29 is 4.79 Å². The van der Waals surface area contributed by atoms with Crippen molar-refractivity contribution in [1.29, 1.82) is 5.26 Å². The first-order chi connectivity index (χ1) is 9.58. The standard InChI is InChI=1S/C16H21N3O/c1-12-10-19(11-13(12)2)8-7-16(20)18-15-5-3-14(9-17)4-6-15/h3-6,12-13H,7-8,10-11H2,1-2H3,(H,18,20). The highest BCUT2D eigenvalue weighted by Crippen LogP contribution is 2.22. The molecule has 20 heavy (non-hydrogen) atoms. The highest BCUT2D eigenvalue weighted by Gasteiger charge is 2.25. The van der Waals surface area contributed by atoms with Crippen LogP contribution in [0.2, 0.25) is 0 Å². The lowest BCUT2D eigenvalue weighted by Gasteiger charge is -2.14. The van der Waals surface area contributed by atoms with Gasteiger partial charge in [-0.05, 0) is 36.1 Å². The van der Waals surface area contributed by atoms with E-state index in [1.807, 2.05) is 0 Å². The Morgan fingerprint density at radius 2 is 1.90 bits per heavy atom. The zero-order valence-corrected chi connectivity index (χ0v) is 12.1. The van der Waals surface area contributed by atoms with Crippen LogP contribution in [0.4, 0.5) is 5.69 Å². The van der Waals surface area contributed by atoms with Crippen molar-refractivity contribution in [3.63, 3.8) is 0 Å². The molecule has 2 rings (SSSR count). The van der Waals surface area contributed by atoms with E-state index in [1.165, 1.54) is 0 Å². The molecule has 0 spiro atoms. The Kier molecular flexibility index (Phi) is 4.75. The minimum atomic E-state index is 0.0295. The number of nitrogens with one attached hydrogen (secondary N) is 1. The predicted octanol–water partition coefficient (Wildman–Crippen LogP) is 2.47. The van der Waals surface area contributed by atoms with E-state index in [2.05, 4.69) is 30.1 Å². The summed E-state index contributed by atoms with van der Waals surface area (Å²) in [5, 5.41) is 11.6. The fraction of sp³-hybridized carbons (Fsp3) is 0.500. The van der Waals surface area contributed by atoms with Gasteiger partial charge in [0.2, 0.25) is 5.91 Å².